The molecule has 166 valence electrons. The van der Waals surface area contributed by atoms with Gasteiger partial charge in [0, 0.05) is 16.1 Å². The molecule has 0 saturated heterocycles. The highest BCUT2D eigenvalue weighted by Gasteiger charge is 2.47. The Hall–Kier alpha value is -3.55. The molecule has 1 N–H and O–H groups in total. The van der Waals surface area contributed by atoms with Crippen LogP contribution in [0.25, 0.3) is 11.0 Å². The second-order valence-electron chi connectivity index (χ2n) is 7.51. The molecule has 6 nitrogen and oxygen atoms in total. The molecule has 1 aliphatic heterocycles. The van der Waals surface area contributed by atoms with Crippen molar-refractivity contribution in [1.82, 2.24) is 0 Å². The molecule has 0 saturated carbocycles. The molecule has 0 aliphatic carbocycles. The first-order chi connectivity index (χ1) is 15.7. The molecule has 3 heterocycles. The number of carbonyl (C=O) groups is 2. The SMILES string of the molecule is Cc1ccc(C2C(C(=O)c3cc4cc(Cl)ccc4o3)=C(O)C(=O)N2c2ccc(F)c(Cl)c2)o1. The molecule has 1 atom stereocenters. The van der Waals surface area contributed by atoms with Crippen LogP contribution in [0.3, 0.4) is 0 Å². The van der Waals surface area contributed by atoms with Crippen LogP contribution in [0.15, 0.2) is 74.8 Å². The Balaban J connectivity index is 1.65. The van der Waals surface area contributed by atoms with E-state index in [1.807, 2.05) is 0 Å². The van der Waals surface area contributed by atoms with Crippen LogP contribution in [-0.2, 0) is 4.79 Å². The van der Waals surface area contributed by atoms with E-state index in [-0.39, 0.29) is 27.8 Å². The first-order valence-electron chi connectivity index (χ1n) is 9.76. The van der Waals surface area contributed by atoms with Crippen molar-refractivity contribution in [3.8, 4) is 0 Å². The normalized spacial score (nSPS) is 16.3. The smallest absolute Gasteiger partial charge is 0.294 e. The van der Waals surface area contributed by atoms with Gasteiger partial charge in [0.15, 0.2) is 11.5 Å². The van der Waals surface area contributed by atoms with Crippen molar-refractivity contribution in [3.63, 3.8) is 0 Å². The fourth-order valence-corrected chi connectivity index (χ4v) is 4.22. The number of carbonyl (C=O) groups excluding carboxylic acids is 2. The number of furan rings is 2. The first kappa shape index (κ1) is 21.3. The quantitative estimate of drug-likeness (QED) is 0.330. The Kier molecular flexibility index (Phi) is 5.03. The number of rotatable bonds is 4. The second kappa shape index (κ2) is 7.79. The third-order valence-electron chi connectivity index (χ3n) is 5.37. The highest BCUT2D eigenvalue weighted by molar-refractivity contribution is 6.31. The van der Waals surface area contributed by atoms with Crippen molar-refractivity contribution in [1.29, 1.82) is 0 Å². The summed E-state index contributed by atoms with van der Waals surface area (Å²) < 4.78 is 25.1. The number of fused-ring (bicyclic) bond motifs is 1. The van der Waals surface area contributed by atoms with Gasteiger partial charge in [-0.25, -0.2) is 4.39 Å². The lowest BCUT2D eigenvalue weighted by molar-refractivity contribution is -0.117. The molecular formula is C24H14Cl2FNO5. The molecule has 5 rings (SSSR count). The molecular weight excluding hydrogens is 472 g/mol. The van der Waals surface area contributed by atoms with Crippen molar-refractivity contribution in [2.75, 3.05) is 4.90 Å². The van der Waals surface area contributed by atoms with E-state index in [1.54, 1.807) is 37.3 Å². The summed E-state index contributed by atoms with van der Waals surface area (Å²) in [7, 11) is 0. The van der Waals surface area contributed by atoms with Crippen LogP contribution < -0.4 is 4.90 Å². The minimum absolute atomic E-state index is 0.0890. The van der Waals surface area contributed by atoms with E-state index in [0.717, 1.165) is 11.0 Å². The van der Waals surface area contributed by atoms with E-state index in [4.69, 9.17) is 32.0 Å². The number of aliphatic hydroxyl groups is 1. The summed E-state index contributed by atoms with van der Waals surface area (Å²) in [6.07, 6.45) is 0. The zero-order valence-electron chi connectivity index (χ0n) is 16.9. The molecule has 1 unspecified atom stereocenters. The van der Waals surface area contributed by atoms with Crippen LogP contribution in [0.5, 0.6) is 0 Å². The summed E-state index contributed by atoms with van der Waals surface area (Å²) in [5.74, 6) is -2.33. The van der Waals surface area contributed by atoms with Gasteiger partial charge in [0.05, 0.1) is 10.6 Å². The van der Waals surface area contributed by atoms with Crippen molar-refractivity contribution in [3.05, 3.63) is 99.1 Å². The van der Waals surface area contributed by atoms with E-state index in [2.05, 4.69) is 0 Å². The number of benzene rings is 2. The largest absolute Gasteiger partial charge is 0.503 e. The van der Waals surface area contributed by atoms with E-state index in [1.165, 1.54) is 18.2 Å². The average molecular weight is 486 g/mol. The molecule has 1 amide bonds. The number of anilines is 1. The van der Waals surface area contributed by atoms with Gasteiger partial charge in [-0.05, 0) is 61.5 Å². The summed E-state index contributed by atoms with van der Waals surface area (Å²) in [5, 5.41) is 11.6. The third-order valence-corrected chi connectivity index (χ3v) is 5.89. The van der Waals surface area contributed by atoms with E-state index in [0.29, 0.717) is 21.8 Å². The van der Waals surface area contributed by atoms with Crippen molar-refractivity contribution < 1.29 is 27.9 Å². The Morgan fingerprint density at radius 1 is 1.06 bits per heavy atom. The zero-order valence-corrected chi connectivity index (χ0v) is 18.4. The van der Waals surface area contributed by atoms with Crippen molar-refractivity contribution in [2.45, 2.75) is 13.0 Å². The lowest BCUT2D eigenvalue weighted by Gasteiger charge is -2.25. The maximum atomic E-state index is 13.7. The summed E-state index contributed by atoms with van der Waals surface area (Å²) in [4.78, 5) is 27.7. The highest BCUT2D eigenvalue weighted by Crippen LogP contribution is 2.43. The topological polar surface area (TPSA) is 83.9 Å². The number of ketones is 1. The lowest BCUT2D eigenvalue weighted by atomic mass is 9.99. The van der Waals surface area contributed by atoms with Gasteiger partial charge < -0.3 is 13.9 Å². The lowest BCUT2D eigenvalue weighted by Crippen LogP contribution is -2.30. The highest BCUT2D eigenvalue weighted by atomic mass is 35.5. The molecule has 0 bridgehead atoms. The van der Waals surface area contributed by atoms with Crippen molar-refractivity contribution in [2.24, 2.45) is 0 Å². The molecule has 33 heavy (non-hydrogen) atoms. The Bertz CT molecular complexity index is 1490. The number of amides is 1. The molecule has 9 heteroatoms. The summed E-state index contributed by atoms with van der Waals surface area (Å²) in [6.45, 7) is 1.70. The van der Waals surface area contributed by atoms with Gasteiger partial charge >= 0.3 is 0 Å². The third kappa shape index (κ3) is 3.50. The van der Waals surface area contributed by atoms with Crippen molar-refractivity contribution >= 4 is 51.5 Å². The molecule has 1 aliphatic rings. The maximum absolute atomic E-state index is 13.7. The van der Waals surface area contributed by atoms with Crippen LogP contribution in [0.1, 0.15) is 28.1 Å². The molecule has 0 radical (unpaired) electrons. The van der Waals surface area contributed by atoms with Crippen LogP contribution >= 0.6 is 23.2 Å². The van der Waals surface area contributed by atoms with Crippen LogP contribution in [0.4, 0.5) is 10.1 Å². The molecule has 4 aromatic rings. The van der Waals surface area contributed by atoms with Gasteiger partial charge in [0.25, 0.3) is 5.91 Å². The number of aryl methyl sites for hydroxylation is 1. The number of hydrogen-bond acceptors (Lipinski definition) is 5. The predicted octanol–water partition coefficient (Wildman–Crippen LogP) is 6.56. The van der Waals surface area contributed by atoms with Crippen LogP contribution in [0.2, 0.25) is 10.0 Å². The van der Waals surface area contributed by atoms with Gasteiger partial charge in [-0.3, -0.25) is 14.5 Å². The van der Waals surface area contributed by atoms with Gasteiger partial charge in [-0.1, -0.05) is 23.2 Å². The molecule has 0 spiro atoms. The summed E-state index contributed by atoms with van der Waals surface area (Å²) >= 11 is 11.9. The Morgan fingerprint density at radius 3 is 2.55 bits per heavy atom. The fraction of sp³-hybridized carbons (Fsp3) is 0.0833. The van der Waals surface area contributed by atoms with Gasteiger partial charge in [0.2, 0.25) is 5.78 Å². The Labute approximate surface area is 196 Å². The van der Waals surface area contributed by atoms with Crippen LogP contribution in [-0.4, -0.2) is 16.8 Å². The maximum Gasteiger partial charge on any atom is 0.294 e. The summed E-state index contributed by atoms with van der Waals surface area (Å²) in [5.41, 5.74) is 0.357. The number of Topliss-reactive ketones (excluding diaryl/α,β-unsaturated/α-hetero) is 1. The number of aliphatic hydroxyl groups excluding tert-OH is 1. The number of halogens is 3. The second-order valence-corrected chi connectivity index (χ2v) is 8.35. The van der Waals surface area contributed by atoms with Gasteiger partial charge in [-0.15, -0.1) is 0 Å². The van der Waals surface area contributed by atoms with Gasteiger partial charge in [0.1, 0.15) is 29.0 Å². The fourth-order valence-electron chi connectivity index (χ4n) is 3.87. The molecule has 0 fully saturated rings. The molecule has 2 aromatic carbocycles. The number of nitrogens with zero attached hydrogens (tertiary/aromatic N) is 1. The van der Waals surface area contributed by atoms with Crippen LogP contribution in [0, 0.1) is 12.7 Å². The predicted molar refractivity (Wildman–Crippen MR) is 120 cm³/mol. The summed E-state index contributed by atoms with van der Waals surface area (Å²) in [6, 6.07) is 12.1. The Morgan fingerprint density at radius 2 is 1.85 bits per heavy atom. The standard InChI is InChI=1S/C24H14Cl2FNO5/c1-11-2-6-18(32-11)21-20(22(29)19-9-12-8-13(25)3-7-17(12)33-19)23(30)24(31)28(21)14-4-5-16(27)15(26)10-14/h2-10,21,30H,1H3. The average Bonchev–Trinajstić information content (AvgIpc) is 3.46. The van der Waals surface area contributed by atoms with Gasteiger partial charge in [-0.2, -0.15) is 0 Å². The van der Waals surface area contributed by atoms with E-state index < -0.39 is 29.3 Å². The molecule has 2 aromatic heterocycles. The van der Waals surface area contributed by atoms with E-state index in [9.17, 15) is 19.1 Å². The zero-order chi connectivity index (χ0) is 23.4. The first-order valence-corrected chi connectivity index (χ1v) is 10.5. The minimum atomic E-state index is -1.13. The van der Waals surface area contributed by atoms with E-state index >= 15 is 0 Å². The minimum Gasteiger partial charge on any atom is -0.503 e. The number of hydrogen-bond donors (Lipinski definition) is 1. The monoisotopic (exact) mass is 485 g/mol.